The Morgan fingerprint density at radius 3 is 2.39 bits per heavy atom. The maximum absolute atomic E-state index is 12.0. The summed E-state index contributed by atoms with van der Waals surface area (Å²) in [6.07, 6.45) is 5.56. The van der Waals surface area contributed by atoms with Crippen LogP contribution in [0.15, 0.2) is 40.9 Å². The first-order valence-electron chi connectivity index (χ1n) is 8.91. The molecule has 0 aromatic carbocycles. The van der Waals surface area contributed by atoms with Crippen LogP contribution in [0.2, 0.25) is 0 Å². The molecule has 5 rings (SSSR count). The van der Waals surface area contributed by atoms with Crippen LogP contribution in [-0.2, 0) is 12.8 Å². The Bertz CT molecular complexity index is 1320. The van der Waals surface area contributed by atoms with Crippen molar-refractivity contribution in [1.82, 2.24) is 19.9 Å². The number of H-pyrrole nitrogens is 2. The maximum Gasteiger partial charge on any atom is 0.250 e. The average Bonchev–Trinajstić information content (AvgIpc) is 3.43. The molecule has 2 aliphatic heterocycles. The molecular weight excluding hydrogens is 418 g/mol. The number of nitrogens with two attached hydrogens (primary N) is 1. The van der Waals surface area contributed by atoms with Gasteiger partial charge in [-0.1, -0.05) is 0 Å². The number of nitrogens with one attached hydrogen (secondary N) is 2. The number of carbonyl (C=O) groups is 1. The molecule has 138 valence electrons. The summed E-state index contributed by atoms with van der Waals surface area (Å²) >= 11 is 3.59. The van der Waals surface area contributed by atoms with E-state index in [1.807, 2.05) is 36.4 Å². The van der Waals surface area contributed by atoms with Crippen LogP contribution >= 0.6 is 15.9 Å². The first kappa shape index (κ1) is 16.9. The van der Waals surface area contributed by atoms with E-state index in [-0.39, 0.29) is 0 Å². The second kappa shape index (κ2) is 6.45. The summed E-state index contributed by atoms with van der Waals surface area (Å²) in [5, 5.41) is 0. The predicted octanol–water partition coefficient (Wildman–Crippen LogP) is 4.13. The van der Waals surface area contributed by atoms with Gasteiger partial charge in [-0.2, -0.15) is 0 Å². The second-order valence-electron chi connectivity index (χ2n) is 6.84. The van der Waals surface area contributed by atoms with Gasteiger partial charge in [0, 0.05) is 27.9 Å². The molecular formula is C21H16BrN5O. The first-order valence-corrected chi connectivity index (χ1v) is 9.71. The number of halogens is 1. The summed E-state index contributed by atoms with van der Waals surface area (Å²) in [4.78, 5) is 28.0. The van der Waals surface area contributed by atoms with Crippen LogP contribution in [0.4, 0.5) is 0 Å². The van der Waals surface area contributed by atoms with Gasteiger partial charge in [-0.15, -0.1) is 0 Å². The van der Waals surface area contributed by atoms with E-state index in [2.05, 4.69) is 36.9 Å². The Morgan fingerprint density at radius 1 is 0.929 bits per heavy atom. The molecule has 0 radical (unpaired) electrons. The number of carbonyl (C=O) groups excluding carboxylic acids is 1. The number of aryl methyl sites for hydroxylation is 2. The van der Waals surface area contributed by atoms with Crippen LogP contribution in [0.1, 0.15) is 33.1 Å². The molecule has 0 unspecified atom stereocenters. The van der Waals surface area contributed by atoms with Gasteiger partial charge in [-0.05, 0) is 77.3 Å². The van der Waals surface area contributed by atoms with E-state index in [4.69, 9.17) is 10.7 Å². The fourth-order valence-corrected chi connectivity index (χ4v) is 4.04. The Hall–Kier alpha value is -3.19. The molecule has 0 atom stereocenters. The highest BCUT2D eigenvalue weighted by atomic mass is 79.9. The monoisotopic (exact) mass is 433 g/mol. The molecule has 1 amide bonds. The standard InChI is InChI=1S/C21H16BrN5O/c22-19-18-6-5-15(26-18)8-13-2-1-11(24-13)7-12-3-4-14(25-12)9-16-10-17(21(23)28)20(19)27-16/h1-2,5-10,24,27H,3-4H2,(H2,23,28). The molecule has 0 saturated heterocycles. The Kier molecular flexibility index (Phi) is 3.91. The molecule has 3 aromatic rings. The van der Waals surface area contributed by atoms with Crippen molar-refractivity contribution in [3.8, 4) is 0 Å². The molecule has 0 spiro atoms. The minimum Gasteiger partial charge on any atom is -0.366 e. The number of aromatic amines is 2. The third-order valence-corrected chi connectivity index (χ3v) is 5.62. The van der Waals surface area contributed by atoms with E-state index >= 15 is 0 Å². The van der Waals surface area contributed by atoms with Gasteiger partial charge in [0.2, 0.25) is 0 Å². The molecule has 0 saturated carbocycles. The van der Waals surface area contributed by atoms with E-state index < -0.39 is 5.91 Å². The molecule has 4 N–H and O–H groups in total. The smallest absolute Gasteiger partial charge is 0.250 e. The molecule has 3 aromatic heterocycles. The number of hydrogen-bond donors (Lipinski definition) is 3. The third-order valence-electron chi connectivity index (χ3n) is 4.81. The van der Waals surface area contributed by atoms with Crippen molar-refractivity contribution < 1.29 is 4.79 Å². The minimum absolute atomic E-state index is 0.416. The highest BCUT2D eigenvalue weighted by Gasteiger charge is 2.14. The first-order chi connectivity index (χ1) is 13.5. The topological polar surface area (TPSA) is 100 Å². The van der Waals surface area contributed by atoms with Gasteiger partial charge in [0.1, 0.15) is 0 Å². The molecule has 8 bridgehead atoms. The zero-order chi connectivity index (χ0) is 19.3. The van der Waals surface area contributed by atoms with Gasteiger partial charge < -0.3 is 15.7 Å². The molecule has 7 heteroatoms. The minimum atomic E-state index is -0.494. The van der Waals surface area contributed by atoms with Crippen LogP contribution in [0.5, 0.6) is 0 Å². The summed E-state index contributed by atoms with van der Waals surface area (Å²) in [6, 6.07) is 11.8. The zero-order valence-corrected chi connectivity index (χ0v) is 16.4. The third kappa shape index (κ3) is 3.03. The lowest BCUT2D eigenvalue weighted by Crippen LogP contribution is -2.10. The fourth-order valence-electron chi connectivity index (χ4n) is 3.51. The molecule has 28 heavy (non-hydrogen) atoms. The van der Waals surface area contributed by atoms with Gasteiger partial charge in [-0.25, -0.2) is 4.98 Å². The second-order valence-corrected chi connectivity index (χ2v) is 7.64. The molecule has 0 aliphatic carbocycles. The Balaban J connectivity index is 1.90. The summed E-state index contributed by atoms with van der Waals surface area (Å²) in [6.45, 7) is 0. The fraction of sp³-hybridized carbons (Fsp3) is 0.0952. The molecule has 2 aliphatic rings. The summed E-state index contributed by atoms with van der Waals surface area (Å²) in [5.74, 6) is -0.494. The molecule has 0 fully saturated rings. The van der Waals surface area contributed by atoms with E-state index in [1.54, 1.807) is 6.07 Å². The van der Waals surface area contributed by atoms with Crippen LogP contribution < -0.4 is 5.73 Å². The number of aromatic nitrogens is 4. The largest absolute Gasteiger partial charge is 0.366 e. The quantitative estimate of drug-likeness (QED) is 0.420. The van der Waals surface area contributed by atoms with Gasteiger partial charge in [0.15, 0.2) is 0 Å². The summed E-state index contributed by atoms with van der Waals surface area (Å²) < 4.78 is 0.689. The Labute approximate surface area is 168 Å². The van der Waals surface area contributed by atoms with Gasteiger partial charge in [0.25, 0.3) is 5.91 Å². The average molecular weight is 434 g/mol. The van der Waals surface area contributed by atoms with Gasteiger partial charge in [-0.3, -0.25) is 9.78 Å². The molecule has 6 nitrogen and oxygen atoms in total. The van der Waals surface area contributed by atoms with Crippen molar-refractivity contribution >= 4 is 56.1 Å². The summed E-state index contributed by atoms with van der Waals surface area (Å²) in [7, 11) is 0. The number of amides is 1. The van der Waals surface area contributed by atoms with Crippen molar-refractivity contribution in [3.63, 3.8) is 0 Å². The highest BCUT2D eigenvalue weighted by molar-refractivity contribution is 9.10. The lowest BCUT2D eigenvalue weighted by atomic mass is 10.2. The SMILES string of the molecule is NC(=O)c1cc2cc3nc(cc4ccc(cc5nc(c(Br)c1[nH]2)C=C5)[nH]4)CC3. The van der Waals surface area contributed by atoms with Gasteiger partial charge >= 0.3 is 0 Å². The van der Waals surface area contributed by atoms with Crippen molar-refractivity contribution in [2.24, 2.45) is 5.73 Å². The predicted molar refractivity (Wildman–Crippen MR) is 114 cm³/mol. The van der Waals surface area contributed by atoms with Gasteiger partial charge in [0.05, 0.1) is 26.9 Å². The lowest BCUT2D eigenvalue weighted by Gasteiger charge is -1.95. The number of nitrogens with zero attached hydrogens (tertiary/aromatic N) is 2. The van der Waals surface area contributed by atoms with Crippen molar-refractivity contribution in [2.45, 2.75) is 12.8 Å². The number of primary amides is 1. The van der Waals surface area contributed by atoms with Crippen molar-refractivity contribution in [2.75, 3.05) is 0 Å². The number of fused-ring (bicyclic) bond motifs is 8. The van der Waals surface area contributed by atoms with E-state index in [0.29, 0.717) is 15.6 Å². The van der Waals surface area contributed by atoms with Crippen molar-refractivity contribution in [3.05, 3.63) is 69.2 Å². The Morgan fingerprint density at radius 2 is 1.64 bits per heavy atom. The summed E-state index contributed by atoms with van der Waals surface area (Å²) in [5.41, 5.74) is 12.9. The van der Waals surface area contributed by atoms with Crippen LogP contribution in [0.3, 0.4) is 0 Å². The zero-order valence-electron chi connectivity index (χ0n) is 14.8. The molecule has 5 heterocycles. The van der Waals surface area contributed by atoms with Crippen LogP contribution in [0, 0.1) is 0 Å². The number of hydrogen-bond acceptors (Lipinski definition) is 3. The normalized spacial score (nSPS) is 13.0. The van der Waals surface area contributed by atoms with Crippen LogP contribution in [-0.4, -0.2) is 25.8 Å². The number of rotatable bonds is 1. The van der Waals surface area contributed by atoms with E-state index in [9.17, 15) is 4.79 Å². The van der Waals surface area contributed by atoms with Crippen molar-refractivity contribution in [1.29, 1.82) is 0 Å². The van der Waals surface area contributed by atoms with E-state index in [0.717, 1.165) is 52.2 Å². The maximum atomic E-state index is 12.0. The van der Waals surface area contributed by atoms with E-state index in [1.165, 1.54) is 0 Å². The highest BCUT2D eigenvalue weighted by Crippen LogP contribution is 2.27. The lowest BCUT2D eigenvalue weighted by molar-refractivity contribution is 0.100. The van der Waals surface area contributed by atoms with Crippen LogP contribution in [0.25, 0.3) is 34.2 Å².